The van der Waals surface area contributed by atoms with Gasteiger partial charge in [0.1, 0.15) is 5.01 Å². The minimum Gasteiger partial charge on any atom is -0.371 e. The van der Waals surface area contributed by atoms with Crippen LogP contribution >= 0.6 is 34.3 Å². The van der Waals surface area contributed by atoms with Gasteiger partial charge in [-0.05, 0) is 36.6 Å². The molecule has 0 saturated carbocycles. The van der Waals surface area contributed by atoms with Gasteiger partial charge >= 0.3 is 0 Å². The summed E-state index contributed by atoms with van der Waals surface area (Å²) in [5, 5.41) is 5.72. The number of rotatable bonds is 6. The third-order valence-electron chi connectivity index (χ3n) is 4.82. The second-order valence-corrected chi connectivity index (χ2v) is 9.50. The zero-order chi connectivity index (χ0) is 20.4. The molecule has 0 bridgehead atoms. The molecule has 1 aliphatic rings. The van der Waals surface area contributed by atoms with E-state index in [9.17, 15) is 13.6 Å². The first-order valence-electron chi connectivity index (χ1n) is 9.15. The predicted molar refractivity (Wildman–Crippen MR) is 114 cm³/mol. The van der Waals surface area contributed by atoms with E-state index in [0.717, 1.165) is 34.6 Å². The number of benzene rings is 1. The summed E-state index contributed by atoms with van der Waals surface area (Å²) in [6.07, 6.45) is 1.12. The molecule has 3 aromatic rings. The van der Waals surface area contributed by atoms with Crippen molar-refractivity contribution in [1.29, 1.82) is 0 Å². The Hall–Kier alpha value is -2.03. The molecule has 1 atom stereocenters. The first-order valence-corrected chi connectivity index (χ1v) is 11.2. The van der Waals surface area contributed by atoms with E-state index >= 15 is 0 Å². The van der Waals surface area contributed by atoms with E-state index in [2.05, 4.69) is 10.3 Å². The number of nitrogens with one attached hydrogen (secondary N) is 1. The summed E-state index contributed by atoms with van der Waals surface area (Å²) in [5.74, 6) is -1.49. The third-order valence-corrected chi connectivity index (χ3v) is 7.11. The summed E-state index contributed by atoms with van der Waals surface area (Å²) in [6, 6.07) is 7.71. The van der Waals surface area contributed by atoms with Crippen LogP contribution < -0.4 is 10.2 Å². The zero-order valence-corrected chi connectivity index (χ0v) is 17.7. The quantitative estimate of drug-likeness (QED) is 0.572. The molecule has 1 N–H and O–H groups in total. The Morgan fingerprint density at radius 3 is 2.90 bits per heavy atom. The van der Waals surface area contributed by atoms with Crippen molar-refractivity contribution in [3.05, 3.63) is 57.4 Å². The maximum Gasteiger partial charge on any atom is 0.226 e. The van der Waals surface area contributed by atoms with Crippen LogP contribution in [0.3, 0.4) is 0 Å². The van der Waals surface area contributed by atoms with Gasteiger partial charge in [0.25, 0.3) is 0 Å². The lowest BCUT2D eigenvalue weighted by molar-refractivity contribution is -0.120. The van der Waals surface area contributed by atoms with Gasteiger partial charge in [-0.2, -0.15) is 0 Å². The second-order valence-electron chi connectivity index (χ2n) is 6.93. The predicted octanol–water partition coefficient (Wildman–Crippen LogP) is 4.99. The van der Waals surface area contributed by atoms with Crippen LogP contribution in [0.25, 0.3) is 9.88 Å². The van der Waals surface area contributed by atoms with Crippen molar-refractivity contribution in [2.75, 3.05) is 24.5 Å². The highest BCUT2D eigenvalue weighted by molar-refractivity contribution is 7.23. The molecule has 152 valence electrons. The lowest BCUT2D eigenvalue weighted by atomic mass is 10.1. The lowest BCUT2D eigenvalue weighted by Crippen LogP contribution is -2.32. The van der Waals surface area contributed by atoms with Gasteiger partial charge in [-0.25, -0.2) is 13.8 Å². The van der Waals surface area contributed by atoms with Crippen molar-refractivity contribution in [3.8, 4) is 9.88 Å². The third kappa shape index (κ3) is 4.94. The number of halogens is 3. The number of anilines is 1. The van der Waals surface area contributed by atoms with Crippen molar-refractivity contribution >= 4 is 45.9 Å². The summed E-state index contributed by atoms with van der Waals surface area (Å²) < 4.78 is 27.2. The van der Waals surface area contributed by atoms with E-state index in [4.69, 9.17) is 11.6 Å². The zero-order valence-electron chi connectivity index (χ0n) is 15.3. The van der Waals surface area contributed by atoms with Gasteiger partial charge in [-0.1, -0.05) is 11.6 Å². The molecule has 9 heteroatoms. The smallest absolute Gasteiger partial charge is 0.226 e. The van der Waals surface area contributed by atoms with E-state index in [1.165, 1.54) is 28.7 Å². The van der Waals surface area contributed by atoms with Crippen LogP contribution in [0.1, 0.15) is 12.1 Å². The van der Waals surface area contributed by atoms with Crippen LogP contribution in [0.4, 0.5) is 14.5 Å². The highest BCUT2D eigenvalue weighted by atomic mass is 35.5. The van der Waals surface area contributed by atoms with E-state index in [1.807, 2.05) is 22.4 Å². The molecule has 0 aliphatic carbocycles. The molecular formula is C20H18ClF2N3OS2. The van der Waals surface area contributed by atoms with Crippen LogP contribution in [-0.2, 0) is 11.2 Å². The number of carbonyl (C=O) groups is 1. The summed E-state index contributed by atoms with van der Waals surface area (Å²) in [7, 11) is 0. The van der Waals surface area contributed by atoms with Gasteiger partial charge in [-0.15, -0.1) is 22.7 Å². The molecule has 1 saturated heterocycles. The van der Waals surface area contributed by atoms with Gasteiger partial charge < -0.3 is 10.2 Å². The molecule has 1 amide bonds. The highest BCUT2D eigenvalue weighted by Crippen LogP contribution is 2.33. The van der Waals surface area contributed by atoms with Crippen LogP contribution in [0.15, 0.2) is 35.7 Å². The Kier molecular flexibility index (Phi) is 6.12. The molecule has 0 radical (unpaired) electrons. The van der Waals surface area contributed by atoms with Crippen LogP contribution in [-0.4, -0.2) is 30.5 Å². The van der Waals surface area contributed by atoms with Gasteiger partial charge in [0.15, 0.2) is 11.6 Å². The monoisotopic (exact) mass is 453 g/mol. The minimum atomic E-state index is -0.843. The largest absolute Gasteiger partial charge is 0.371 e. The first kappa shape index (κ1) is 20.3. The van der Waals surface area contributed by atoms with Crippen molar-refractivity contribution in [3.63, 3.8) is 0 Å². The number of amides is 1. The Labute approximate surface area is 180 Å². The normalized spacial score (nSPS) is 16.4. The van der Waals surface area contributed by atoms with Crippen LogP contribution in [0.5, 0.6) is 0 Å². The fourth-order valence-electron chi connectivity index (χ4n) is 3.33. The van der Waals surface area contributed by atoms with Gasteiger partial charge in [0.05, 0.1) is 21.3 Å². The van der Waals surface area contributed by atoms with Crippen molar-refractivity contribution in [1.82, 2.24) is 10.3 Å². The Balaban J connectivity index is 1.26. The molecule has 3 heterocycles. The van der Waals surface area contributed by atoms with Gasteiger partial charge in [0.2, 0.25) is 5.91 Å². The molecule has 1 unspecified atom stereocenters. The van der Waals surface area contributed by atoms with Crippen LogP contribution in [0.2, 0.25) is 4.34 Å². The average molecular weight is 454 g/mol. The summed E-state index contributed by atoms with van der Waals surface area (Å²) >= 11 is 8.92. The maximum absolute atomic E-state index is 13.4. The molecule has 0 spiro atoms. The number of hydrogen-bond acceptors (Lipinski definition) is 5. The van der Waals surface area contributed by atoms with E-state index in [1.54, 1.807) is 6.07 Å². The van der Waals surface area contributed by atoms with Gasteiger partial charge in [0, 0.05) is 36.8 Å². The van der Waals surface area contributed by atoms with E-state index in [-0.39, 0.29) is 18.2 Å². The fourth-order valence-corrected chi connectivity index (χ4v) is 5.27. The number of thiophene rings is 1. The molecule has 29 heavy (non-hydrogen) atoms. The fraction of sp³-hybridized carbons (Fsp3) is 0.300. The van der Waals surface area contributed by atoms with Crippen molar-refractivity contribution in [2.45, 2.75) is 12.8 Å². The minimum absolute atomic E-state index is 0.0719. The topological polar surface area (TPSA) is 45.2 Å². The molecule has 2 aromatic heterocycles. The molecule has 1 aromatic carbocycles. The first-order chi connectivity index (χ1) is 14.0. The lowest BCUT2D eigenvalue weighted by Gasteiger charge is -2.19. The SMILES string of the molecule is O=C(Cc1csc(-c2ccc(Cl)s2)n1)NCC1CCN(c2ccc(F)c(F)c2)C1. The number of thiazole rings is 1. The van der Waals surface area contributed by atoms with Gasteiger partial charge in [-0.3, -0.25) is 4.79 Å². The standard InChI is InChI=1S/C20H18ClF2N3OS2/c21-18-4-3-17(29-18)20-25-13(11-28-20)7-19(27)24-9-12-5-6-26(10-12)14-1-2-15(22)16(23)8-14/h1-4,8,11-12H,5-7,9-10H2,(H,24,27). The van der Waals surface area contributed by atoms with E-state index in [0.29, 0.717) is 23.1 Å². The Morgan fingerprint density at radius 2 is 2.14 bits per heavy atom. The molecular weight excluding hydrogens is 436 g/mol. The average Bonchev–Trinajstić information content (AvgIpc) is 3.43. The molecule has 4 rings (SSSR count). The number of hydrogen-bond donors (Lipinski definition) is 1. The number of aromatic nitrogens is 1. The number of carbonyl (C=O) groups excluding carboxylic acids is 1. The molecule has 1 aliphatic heterocycles. The van der Waals surface area contributed by atoms with Crippen molar-refractivity contribution in [2.24, 2.45) is 5.92 Å². The molecule has 1 fully saturated rings. The summed E-state index contributed by atoms with van der Waals surface area (Å²) in [4.78, 5) is 19.8. The summed E-state index contributed by atoms with van der Waals surface area (Å²) in [6.45, 7) is 2.01. The maximum atomic E-state index is 13.4. The van der Waals surface area contributed by atoms with Crippen LogP contribution in [0, 0.1) is 17.6 Å². The Morgan fingerprint density at radius 1 is 1.28 bits per heavy atom. The summed E-state index contributed by atoms with van der Waals surface area (Å²) in [5.41, 5.74) is 1.41. The molecule has 4 nitrogen and oxygen atoms in total. The number of nitrogens with zero attached hydrogens (tertiary/aromatic N) is 2. The van der Waals surface area contributed by atoms with E-state index < -0.39 is 11.6 Å². The highest BCUT2D eigenvalue weighted by Gasteiger charge is 2.24. The second kappa shape index (κ2) is 8.77. The van der Waals surface area contributed by atoms with Crippen molar-refractivity contribution < 1.29 is 13.6 Å². The Bertz CT molecular complexity index is 1020.